The van der Waals surface area contributed by atoms with Gasteiger partial charge in [-0.15, -0.1) is 11.8 Å². The molecule has 0 saturated carbocycles. The van der Waals surface area contributed by atoms with E-state index in [4.69, 9.17) is 9.84 Å². The van der Waals surface area contributed by atoms with Crippen LogP contribution in [0.15, 0.2) is 58.5 Å². The highest BCUT2D eigenvalue weighted by atomic mass is 32.2. The summed E-state index contributed by atoms with van der Waals surface area (Å²) in [6.45, 7) is 1.90. The third kappa shape index (κ3) is 5.11. The van der Waals surface area contributed by atoms with Crippen LogP contribution in [-0.4, -0.2) is 41.0 Å². The van der Waals surface area contributed by atoms with Crippen molar-refractivity contribution in [2.75, 3.05) is 12.9 Å². The van der Waals surface area contributed by atoms with Gasteiger partial charge >= 0.3 is 5.97 Å². The Morgan fingerprint density at radius 1 is 1.24 bits per heavy atom. The third-order valence-corrected chi connectivity index (χ3v) is 5.09. The maximum Gasteiger partial charge on any atom is 0.335 e. The number of fused-ring (bicyclic) bond motifs is 1. The number of hydrogen-bond donors (Lipinski definition) is 2. The Labute approximate surface area is 171 Å². The van der Waals surface area contributed by atoms with Crippen LogP contribution in [0.2, 0.25) is 0 Å². The smallest absolute Gasteiger partial charge is 0.335 e. The second-order valence-electron chi connectivity index (χ2n) is 6.13. The number of methoxy groups -OCH3 is 1. The van der Waals surface area contributed by atoms with Crippen LogP contribution < -0.4 is 10.2 Å². The van der Waals surface area contributed by atoms with Gasteiger partial charge in [0.05, 0.1) is 24.6 Å². The second kappa shape index (κ2) is 9.20. The fourth-order valence-corrected chi connectivity index (χ4v) is 3.59. The summed E-state index contributed by atoms with van der Waals surface area (Å²) in [5.41, 5.74) is 4.96. The van der Waals surface area contributed by atoms with Crippen molar-refractivity contribution >= 4 is 40.8 Å². The fraction of sp³-hybridized carbons (Fsp3) is 0.143. The summed E-state index contributed by atoms with van der Waals surface area (Å²) >= 11 is 1.40. The molecule has 0 spiro atoms. The van der Waals surface area contributed by atoms with E-state index in [-0.39, 0.29) is 17.2 Å². The molecule has 1 aromatic heterocycles. The average molecular weight is 409 g/mol. The van der Waals surface area contributed by atoms with Gasteiger partial charge in [0.25, 0.3) is 0 Å². The maximum absolute atomic E-state index is 12.1. The largest absolute Gasteiger partial charge is 0.494 e. The molecule has 3 aromatic rings. The molecule has 1 heterocycles. The highest BCUT2D eigenvalue weighted by Crippen LogP contribution is 2.32. The molecule has 29 heavy (non-hydrogen) atoms. The van der Waals surface area contributed by atoms with E-state index in [0.29, 0.717) is 11.3 Å². The van der Waals surface area contributed by atoms with Gasteiger partial charge in [-0.3, -0.25) is 4.79 Å². The Morgan fingerprint density at radius 3 is 2.69 bits per heavy atom. The van der Waals surface area contributed by atoms with Crippen molar-refractivity contribution < 1.29 is 19.4 Å². The number of hydrazone groups is 1. The SMILES string of the molecule is COc1cccc2c(SCC(=O)N/N=C/c3ccc(C(=O)O)cc3)cc(C)nc12. The number of carbonyl (C=O) groups is 2. The normalized spacial score (nSPS) is 11.0. The Bertz CT molecular complexity index is 1080. The van der Waals surface area contributed by atoms with Gasteiger partial charge in [-0.25, -0.2) is 15.2 Å². The zero-order chi connectivity index (χ0) is 20.8. The number of aromatic nitrogens is 1. The molecule has 0 radical (unpaired) electrons. The number of amides is 1. The van der Waals surface area contributed by atoms with Crippen LogP contribution in [0.4, 0.5) is 0 Å². The number of carboxylic acids is 1. The molecule has 0 atom stereocenters. The molecule has 0 saturated heterocycles. The van der Waals surface area contributed by atoms with Crippen molar-refractivity contribution in [1.82, 2.24) is 10.4 Å². The molecule has 0 unspecified atom stereocenters. The van der Waals surface area contributed by atoms with Gasteiger partial charge in [0, 0.05) is 16.0 Å². The van der Waals surface area contributed by atoms with Crippen LogP contribution in [-0.2, 0) is 4.79 Å². The van der Waals surface area contributed by atoms with Gasteiger partial charge in [-0.2, -0.15) is 5.10 Å². The lowest BCUT2D eigenvalue weighted by Crippen LogP contribution is -2.19. The van der Waals surface area contributed by atoms with E-state index < -0.39 is 5.97 Å². The van der Waals surface area contributed by atoms with Gasteiger partial charge in [-0.1, -0.05) is 24.3 Å². The molecule has 2 N–H and O–H groups in total. The van der Waals surface area contributed by atoms with Gasteiger partial charge in [0.15, 0.2) is 0 Å². The summed E-state index contributed by atoms with van der Waals surface area (Å²) in [5.74, 6) is -0.365. The van der Waals surface area contributed by atoms with E-state index in [2.05, 4.69) is 15.5 Å². The first-order chi connectivity index (χ1) is 14.0. The molecular weight excluding hydrogens is 390 g/mol. The van der Waals surface area contributed by atoms with Crippen LogP contribution in [0.3, 0.4) is 0 Å². The number of hydrogen-bond acceptors (Lipinski definition) is 6. The van der Waals surface area contributed by atoms with Crippen molar-refractivity contribution in [1.29, 1.82) is 0 Å². The summed E-state index contributed by atoms with van der Waals surface area (Å²) in [5, 5.41) is 13.7. The Morgan fingerprint density at radius 2 is 2.00 bits per heavy atom. The topological polar surface area (TPSA) is 101 Å². The van der Waals surface area contributed by atoms with Gasteiger partial charge in [0.1, 0.15) is 11.3 Å². The molecule has 0 aliphatic carbocycles. The molecule has 0 fully saturated rings. The zero-order valence-electron chi connectivity index (χ0n) is 15.9. The number of aromatic carboxylic acids is 1. The predicted octanol–water partition coefficient (Wildman–Crippen LogP) is 3.49. The summed E-state index contributed by atoms with van der Waals surface area (Å²) < 4.78 is 5.38. The molecule has 0 aliphatic rings. The minimum atomic E-state index is -0.990. The van der Waals surface area contributed by atoms with Gasteiger partial charge in [-0.05, 0) is 36.8 Å². The van der Waals surface area contributed by atoms with Crippen molar-refractivity contribution in [3.8, 4) is 5.75 Å². The van der Waals surface area contributed by atoms with E-state index in [1.54, 1.807) is 19.2 Å². The number of para-hydroxylation sites is 1. The van der Waals surface area contributed by atoms with Crippen molar-refractivity contribution in [3.63, 3.8) is 0 Å². The summed E-state index contributed by atoms with van der Waals surface area (Å²) in [4.78, 5) is 28.4. The summed E-state index contributed by atoms with van der Waals surface area (Å²) in [7, 11) is 1.60. The quantitative estimate of drug-likeness (QED) is 0.352. The number of ether oxygens (including phenoxy) is 1. The molecule has 148 valence electrons. The summed E-state index contributed by atoms with van der Waals surface area (Å²) in [6, 6.07) is 13.8. The first kappa shape index (κ1) is 20.3. The van der Waals surface area contributed by atoms with Crippen molar-refractivity contribution in [2.45, 2.75) is 11.8 Å². The van der Waals surface area contributed by atoms with E-state index in [1.165, 1.54) is 30.1 Å². The molecule has 8 heteroatoms. The first-order valence-electron chi connectivity index (χ1n) is 8.70. The predicted molar refractivity (Wildman–Crippen MR) is 113 cm³/mol. The fourth-order valence-electron chi connectivity index (χ4n) is 2.66. The van der Waals surface area contributed by atoms with Crippen molar-refractivity contribution in [2.24, 2.45) is 5.10 Å². The van der Waals surface area contributed by atoms with Gasteiger partial charge in [0.2, 0.25) is 5.91 Å². The number of nitrogens with zero attached hydrogens (tertiary/aromatic N) is 2. The third-order valence-electron chi connectivity index (χ3n) is 4.03. The number of benzene rings is 2. The standard InChI is InChI=1S/C21H19N3O4S/c1-13-10-18(16-4-3-5-17(28-2)20(16)23-13)29-12-19(25)24-22-11-14-6-8-15(9-7-14)21(26)27/h3-11H,12H2,1-2H3,(H,24,25)(H,26,27)/b22-11+. The van der Waals surface area contributed by atoms with E-state index in [9.17, 15) is 9.59 Å². The van der Waals surface area contributed by atoms with Crippen LogP contribution in [0, 0.1) is 6.92 Å². The highest BCUT2D eigenvalue weighted by molar-refractivity contribution is 8.00. The number of rotatable bonds is 7. The number of thioether (sulfide) groups is 1. The molecule has 3 rings (SSSR count). The molecular formula is C21H19N3O4S. The van der Waals surface area contributed by atoms with Crippen LogP contribution in [0.5, 0.6) is 5.75 Å². The van der Waals surface area contributed by atoms with Gasteiger partial charge < -0.3 is 9.84 Å². The molecule has 7 nitrogen and oxygen atoms in total. The van der Waals surface area contributed by atoms with E-state index >= 15 is 0 Å². The lowest BCUT2D eigenvalue weighted by molar-refractivity contribution is -0.118. The van der Waals surface area contributed by atoms with E-state index in [0.717, 1.165) is 21.5 Å². The van der Waals surface area contributed by atoms with E-state index in [1.807, 2.05) is 31.2 Å². The van der Waals surface area contributed by atoms with Crippen molar-refractivity contribution in [3.05, 3.63) is 65.4 Å². The number of carbonyl (C=O) groups excluding carboxylic acids is 1. The molecule has 0 aliphatic heterocycles. The molecule has 1 amide bonds. The Balaban J connectivity index is 1.63. The number of carboxylic acid groups (broad SMARTS) is 1. The minimum absolute atomic E-state index is 0.186. The van der Waals surface area contributed by atoms with Crippen LogP contribution >= 0.6 is 11.8 Å². The number of pyridine rings is 1. The number of nitrogens with one attached hydrogen (secondary N) is 1. The first-order valence-corrected chi connectivity index (χ1v) is 9.69. The zero-order valence-corrected chi connectivity index (χ0v) is 16.7. The monoisotopic (exact) mass is 409 g/mol. The number of aryl methyl sites for hydroxylation is 1. The highest BCUT2D eigenvalue weighted by Gasteiger charge is 2.10. The second-order valence-corrected chi connectivity index (χ2v) is 7.14. The maximum atomic E-state index is 12.1. The molecule has 2 aromatic carbocycles. The Hall–Kier alpha value is -3.39. The van der Waals surface area contributed by atoms with Crippen LogP contribution in [0.25, 0.3) is 10.9 Å². The lowest BCUT2D eigenvalue weighted by Gasteiger charge is -2.10. The Kier molecular flexibility index (Phi) is 6.46. The minimum Gasteiger partial charge on any atom is -0.494 e. The summed E-state index contributed by atoms with van der Waals surface area (Å²) in [6.07, 6.45) is 1.46. The molecule has 0 bridgehead atoms. The lowest BCUT2D eigenvalue weighted by atomic mass is 10.1. The average Bonchev–Trinajstić information content (AvgIpc) is 2.72. The van der Waals surface area contributed by atoms with Crippen LogP contribution in [0.1, 0.15) is 21.6 Å².